The topological polar surface area (TPSA) is 42.7 Å². The summed E-state index contributed by atoms with van der Waals surface area (Å²) in [4.78, 5) is 0. The molecule has 1 aliphatic rings. The average molecular weight is 166 g/mol. The molecule has 12 heavy (non-hydrogen) atoms. The van der Waals surface area contributed by atoms with Crippen LogP contribution in [0.15, 0.2) is 0 Å². The molecular formula is C8H14N4. The Hall–Kier alpha value is -0.900. The molecule has 1 atom stereocenters. The second-order valence-electron chi connectivity index (χ2n) is 3.31. The van der Waals surface area contributed by atoms with Crippen LogP contribution in [-0.4, -0.2) is 27.9 Å². The van der Waals surface area contributed by atoms with E-state index >= 15 is 0 Å². The zero-order chi connectivity index (χ0) is 8.55. The van der Waals surface area contributed by atoms with Crippen molar-refractivity contribution in [3.05, 3.63) is 11.6 Å². The molecule has 0 aliphatic carbocycles. The summed E-state index contributed by atoms with van der Waals surface area (Å²) in [5, 5.41) is 11.4. The number of nitrogens with one attached hydrogen (secondary N) is 1. The lowest BCUT2D eigenvalue weighted by Gasteiger charge is -2.12. The van der Waals surface area contributed by atoms with Gasteiger partial charge in [-0.1, -0.05) is 0 Å². The molecule has 0 aromatic carbocycles. The highest BCUT2D eigenvalue weighted by Gasteiger charge is 2.19. The summed E-state index contributed by atoms with van der Waals surface area (Å²) >= 11 is 0. The fourth-order valence-electron chi connectivity index (χ4n) is 1.86. The molecule has 0 amide bonds. The van der Waals surface area contributed by atoms with Gasteiger partial charge in [-0.05, 0) is 26.8 Å². The van der Waals surface area contributed by atoms with Crippen molar-refractivity contribution in [3.63, 3.8) is 0 Å². The standard InChI is InChI=1S/C8H14N4/c1-6-10-11-7(2)12(6)8-3-4-9-5-8/h8-9H,3-5H2,1-2H3. The molecule has 0 saturated carbocycles. The first-order valence-corrected chi connectivity index (χ1v) is 4.38. The Morgan fingerprint density at radius 1 is 1.33 bits per heavy atom. The van der Waals surface area contributed by atoms with Crippen LogP contribution in [0.2, 0.25) is 0 Å². The van der Waals surface area contributed by atoms with Crippen molar-refractivity contribution in [2.24, 2.45) is 0 Å². The minimum absolute atomic E-state index is 0.569. The molecule has 0 radical (unpaired) electrons. The normalized spacial score (nSPS) is 23.3. The summed E-state index contributed by atoms with van der Waals surface area (Å²) in [6.07, 6.45) is 1.19. The van der Waals surface area contributed by atoms with Crippen LogP contribution in [-0.2, 0) is 0 Å². The zero-order valence-corrected chi connectivity index (χ0v) is 7.54. The number of aryl methyl sites for hydroxylation is 2. The Balaban J connectivity index is 2.30. The highest BCUT2D eigenvalue weighted by Crippen LogP contribution is 2.17. The molecular weight excluding hydrogens is 152 g/mol. The van der Waals surface area contributed by atoms with Crippen LogP contribution in [0.25, 0.3) is 0 Å². The maximum Gasteiger partial charge on any atom is 0.130 e. The quantitative estimate of drug-likeness (QED) is 0.658. The monoisotopic (exact) mass is 166 g/mol. The van der Waals surface area contributed by atoms with E-state index in [1.54, 1.807) is 0 Å². The fourth-order valence-corrected chi connectivity index (χ4v) is 1.86. The Morgan fingerprint density at radius 2 is 2.00 bits per heavy atom. The van der Waals surface area contributed by atoms with Crippen molar-refractivity contribution < 1.29 is 0 Å². The third-order valence-electron chi connectivity index (χ3n) is 2.44. The molecule has 1 aliphatic heterocycles. The summed E-state index contributed by atoms with van der Waals surface area (Å²) in [6.45, 7) is 6.19. The van der Waals surface area contributed by atoms with Gasteiger partial charge < -0.3 is 9.88 Å². The van der Waals surface area contributed by atoms with Crippen LogP contribution in [0, 0.1) is 13.8 Å². The molecule has 1 saturated heterocycles. The first kappa shape index (κ1) is 7.73. The van der Waals surface area contributed by atoms with Gasteiger partial charge in [0.1, 0.15) is 11.6 Å². The maximum absolute atomic E-state index is 4.05. The van der Waals surface area contributed by atoms with Crippen molar-refractivity contribution in [2.75, 3.05) is 13.1 Å². The second kappa shape index (κ2) is 2.86. The molecule has 0 bridgehead atoms. The molecule has 1 aromatic rings. The van der Waals surface area contributed by atoms with Gasteiger partial charge in [0, 0.05) is 6.54 Å². The van der Waals surface area contributed by atoms with Gasteiger partial charge in [0.15, 0.2) is 0 Å². The van der Waals surface area contributed by atoms with Crippen LogP contribution >= 0.6 is 0 Å². The minimum atomic E-state index is 0.569. The lowest BCUT2D eigenvalue weighted by atomic mass is 10.2. The molecule has 0 spiro atoms. The summed E-state index contributed by atoms with van der Waals surface area (Å²) < 4.78 is 2.22. The van der Waals surface area contributed by atoms with Gasteiger partial charge in [-0.25, -0.2) is 0 Å². The van der Waals surface area contributed by atoms with Crippen molar-refractivity contribution in [1.82, 2.24) is 20.1 Å². The third-order valence-corrected chi connectivity index (χ3v) is 2.44. The molecule has 66 valence electrons. The molecule has 1 fully saturated rings. The molecule has 4 nitrogen and oxygen atoms in total. The number of rotatable bonds is 1. The first-order chi connectivity index (χ1) is 5.79. The summed E-state index contributed by atoms with van der Waals surface area (Å²) in [5.41, 5.74) is 0. The minimum Gasteiger partial charge on any atom is -0.315 e. The maximum atomic E-state index is 4.05. The number of aromatic nitrogens is 3. The smallest absolute Gasteiger partial charge is 0.130 e. The zero-order valence-electron chi connectivity index (χ0n) is 7.54. The van der Waals surface area contributed by atoms with Gasteiger partial charge in [0.25, 0.3) is 0 Å². The first-order valence-electron chi connectivity index (χ1n) is 4.38. The summed E-state index contributed by atoms with van der Waals surface area (Å²) in [7, 11) is 0. The van der Waals surface area contributed by atoms with Crippen LogP contribution in [0.1, 0.15) is 24.1 Å². The number of nitrogens with zero attached hydrogens (tertiary/aromatic N) is 3. The average Bonchev–Trinajstić information content (AvgIpc) is 2.61. The lowest BCUT2D eigenvalue weighted by molar-refractivity contribution is 0.520. The van der Waals surface area contributed by atoms with E-state index in [1.165, 1.54) is 6.42 Å². The lowest BCUT2D eigenvalue weighted by Crippen LogP contribution is -2.15. The van der Waals surface area contributed by atoms with Gasteiger partial charge in [-0.2, -0.15) is 0 Å². The van der Waals surface area contributed by atoms with Gasteiger partial charge in [0.05, 0.1) is 6.04 Å². The third kappa shape index (κ3) is 1.12. The van der Waals surface area contributed by atoms with E-state index in [0.717, 1.165) is 24.7 Å². The van der Waals surface area contributed by atoms with E-state index in [2.05, 4.69) is 20.1 Å². The van der Waals surface area contributed by atoms with E-state index in [-0.39, 0.29) is 0 Å². The van der Waals surface area contributed by atoms with E-state index < -0.39 is 0 Å². The summed E-state index contributed by atoms with van der Waals surface area (Å²) in [5.74, 6) is 2.06. The molecule has 1 N–H and O–H groups in total. The molecule has 2 rings (SSSR count). The van der Waals surface area contributed by atoms with E-state index in [0.29, 0.717) is 6.04 Å². The highest BCUT2D eigenvalue weighted by atomic mass is 15.3. The molecule has 2 heterocycles. The Bertz CT molecular complexity index is 253. The number of hydrogen-bond acceptors (Lipinski definition) is 3. The predicted molar refractivity (Wildman–Crippen MR) is 46.0 cm³/mol. The van der Waals surface area contributed by atoms with Gasteiger partial charge >= 0.3 is 0 Å². The van der Waals surface area contributed by atoms with Crippen LogP contribution in [0.4, 0.5) is 0 Å². The van der Waals surface area contributed by atoms with E-state index in [9.17, 15) is 0 Å². The molecule has 1 aromatic heterocycles. The van der Waals surface area contributed by atoms with Crippen molar-refractivity contribution in [1.29, 1.82) is 0 Å². The Labute approximate surface area is 72.0 Å². The van der Waals surface area contributed by atoms with Gasteiger partial charge in [-0.15, -0.1) is 10.2 Å². The Morgan fingerprint density at radius 3 is 2.50 bits per heavy atom. The van der Waals surface area contributed by atoms with Crippen LogP contribution in [0.5, 0.6) is 0 Å². The number of hydrogen-bond donors (Lipinski definition) is 1. The predicted octanol–water partition coefficient (Wildman–Crippen LogP) is 0.429. The van der Waals surface area contributed by atoms with Crippen molar-refractivity contribution in [2.45, 2.75) is 26.3 Å². The largest absolute Gasteiger partial charge is 0.315 e. The molecule has 4 heteroatoms. The SMILES string of the molecule is Cc1nnc(C)n1C1CCNC1. The Kier molecular flexibility index (Phi) is 1.84. The van der Waals surface area contributed by atoms with Gasteiger partial charge in [0.2, 0.25) is 0 Å². The highest BCUT2D eigenvalue weighted by molar-refractivity contribution is 4.96. The van der Waals surface area contributed by atoms with Crippen molar-refractivity contribution >= 4 is 0 Å². The molecule has 1 unspecified atom stereocenters. The van der Waals surface area contributed by atoms with Crippen LogP contribution in [0.3, 0.4) is 0 Å². The van der Waals surface area contributed by atoms with Crippen LogP contribution < -0.4 is 5.32 Å². The van der Waals surface area contributed by atoms with Gasteiger partial charge in [-0.3, -0.25) is 0 Å². The van der Waals surface area contributed by atoms with Crippen molar-refractivity contribution in [3.8, 4) is 0 Å². The second-order valence-corrected chi connectivity index (χ2v) is 3.31. The van der Waals surface area contributed by atoms with E-state index in [4.69, 9.17) is 0 Å². The van der Waals surface area contributed by atoms with E-state index in [1.807, 2.05) is 13.8 Å². The fraction of sp³-hybridized carbons (Fsp3) is 0.750. The summed E-state index contributed by atoms with van der Waals surface area (Å²) in [6, 6.07) is 0.569.